The molecule has 0 amide bonds. The predicted molar refractivity (Wildman–Crippen MR) is 63.7 cm³/mol. The van der Waals surface area contributed by atoms with Crippen molar-refractivity contribution in [1.82, 2.24) is 19.1 Å². The minimum Gasteiger partial charge on any atom is -0.327 e. The predicted octanol–water partition coefficient (Wildman–Crippen LogP) is 0.689. The molecule has 0 unspecified atom stereocenters. The number of H-pyrrole nitrogens is 1. The first kappa shape index (κ1) is 11.1. The van der Waals surface area contributed by atoms with Crippen molar-refractivity contribution in [3.63, 3.8) is 0 Å². The Balaban J connectivity index is 3.05. The number of imidazole rings is 1. The first-order valence-electron chi connectivity index (χ1n) is 4.99. The second kappa shape index (κ2) is 3.89. The van der Waals surface area contributed by atoms with Crippen molar-refractivity contribution in [1.29, 1.82) is 0 Å². The van der Waals surface area contributed by atoms with Crippen molar-refractivity contribution in [3.8, 4) is 0 Å². The summed E-state index contributed by atoms with van der Waals surface area (Å²) in [6.45, 7) is 4.44. The van der Waals surface area contributed by atoms with Crippen LogP contribution in [0.3, 0.4) is 0 Å². The van der Waals surface area contributed by atoms with E-state index in [4.69, 9.17) is 0 Å². The van der Waals surface area contributed by atoms with Crippen LogP contribution in [0.2, 0.25) is 0 Å². The summed E-state index contributed by atoms with van der Waals surface area (Å²) in [5.41, 5.74) is 0.108. The van der Waals surface area contributed by atoms with Crippen molar-refractivity contribution in [2.45, 2.75) is 26.9 Å². The molecule has 2 heterocycles. The summed E-state index contributed by atoms with van der Waals surface area (Å²) < 4.78 is 3.12. The number of hydrogen-bond donors (Lipinski definition) is 1. The van der Waals surface area contributed by atoms with Crippen LogP contribution in [-0.2, 0) is 13.1 Å². The molecule has 0 saturated carbocycles. The molecule has 0 spiro atoms. The Morgan fingerprint density at radius 2 is 1.88 bits per heavy atom. The molecule has 0 aliphatic carbocycles. The van der Waals surface area contributed by atoms with Gasteiger partial charge >= 0.3 is 5.69 Å². The number of aromatic nitrogens is 4. The third-order valence-electron chi connectivity index (χ3n) is 2.46. The van der Waals surface area contributed by atoms with E-state index in [0.717, 1.165) is 0 Å². The quantitative estimate of drug-likeness (QED) is 0.826. The Kier molecular flexibility index (Phi) is 2.71. The smallest absolute Gasteiger partial charge is 0.327 e. The first-order valence-corrected chi connectivity index (χ1v) is 5.78. The van der Waals surface area contributed by atoms with Crippen LogP contribution in [0.5, 0.6) is 0 Å². The Bertz CT molecular complexity index is 652. The molecule has 0 radical (unpaired) electrons. The highest BCUT2D eigenvalue weighted by atomic mass is 79.9. The van der Waals surface area contributed by atoms with Crippen molar-refractivity contribution >= 4 is 27.1 Å². The third kappa shape index (κ3) is 1.42. The maximum Gasteiger partial charge on any atom is 0.332 e. The zero-order valence-electron chi connectivity index (χ0n) is 8.95. The fraction of sp³-hybridized carbons (Fsp3) is 0.444. The Morgan fingerprint density at radius 1 is 1.25 bits per heavy atom. The van der Waals surface area contributed by atoms with E-state index in [2.05, 4.69) is 25.9 Å². The van der Waals surface area contributed by atoms with Crippen LogP contribution in [0, 0.1) is 0 Å². The molecule has 0 aliphatic rings. The lowest BCUT2D eigenvalue weighted by atomic mass is 10.5. The normalized spacial score (nSPS) is 11.2. The molecule has 1 N–H and O–H groups in total. The first-order chi connectivity index (χ1) is 7.60. The van der Waals surface area contributed by atoms with Gasteiger partial charge in [-0.3, -0.25) is 13.9 Å². The van der Waals surface area contributed by atoms with E-state index in [0.29, 0.717) is 29.0 Å². The number of nitrogens with one attached hydrogen (secondary N) is 1. The summed E-state index contributed by atoms with van der Waals surface area (Å²) in [5, 5.41) is 0. The zero-order valence-corrected chi connectivity index (χ0v) is 10.5. The average Bonchev–Trinajstić information content (AvgIpc) is 2.62. The molecule has 0 bridgehead atoms. The van der Waals surface area contributed by atoms with Crippen molar-refractivity contribution in [3.05, 3.63) is 25.6 Å². The van der Waals surface area contributed by atoms with Crippen LogP contribution in [0.4, 0.5) is 0 Å². The van der Waals surface area contributed by atoms with E-state index in [1.165, 1.54) is 9.13 Å². The number of nitrogens with zero attached hydrogens (tertiary/aromatic N) is 3. The van der Waals surface area contributed by atoms with Gasteiger partial charge in [-0.1, -0.05) is 0 Å². The molecule has 6 nitrogen and oxygen atoms in total. The van der Waals surface area contributed by atoms with E-state index in [9.17, 15) is 9.59 Å². The average molecular weight is 287 g/mol. The molecule has 2 aromatic rings. The van der Waals surface area contributed by atoms with Gasteiger partial charge in [-0.25, -0.2) is 9.78 Å². The molecule has 86 valence electrons. The monoisotopic (exact) mass is 286 g/mol. The Labute approximate surface area is 99.1 Å². The molecular weight excluding hydrogens is 276 g/mol. The molecule has 0 aliphatic heterocycles. The number of hydrogen-bond acceptors (Lipinski definition) is 3. The van der Waals surface area contributed by atoms with Gasteiger partial charge in [0, 0.05) is 13.1 Å². The Morgan fingerprint density at radius 3 is 2.44 bits per heavy atom. The van der Waals surface area contributed by atoms with Gasteiger partial charge in [0.1, 0.15) is 0 Å². The second-order valence-corrected chi connectivity index (χ2v) is 4.05. The van der Waals surface area contributed by atoms with Gasteiger partial charge in [-0.2, -0.15) is 0 Å². The SMILES string of the molecule is CCn1c(=O)c2[nH]c(Br)nc2n(CC)c1=O. The van der Waals surface area contributed by atoms with Gasteiger partial charge in [0.2, 0.25) is 0 Å². The highest BCUT2D eigenvalue weighted by Crippen LogP contribution is 2.09. The van der Waals surface area contributed by atoms with Gasteiger partial charge in [0.25, 0.3) is 5.56 Å². The van der Waals surface area contributed by atoms with Crippen LogP contribution >= 0.6 is 15.9 Å². The van der Waals surface area contributed by atoms with Crippen LogP contribution in [0.1, 0.15) is 13.8 Å². The van der Waals surface area contributed by atoms with E-state index in [1.54, 1.807) is 6.92 Å². The molecule has 0 atom stereocenters. The molecule has 16 heavy (non-hydrogen) atoms. The van der Waals surface area contributed by atoms with Gasteiger partial charge < -0.3 is 4.98 Å². The number of aryl methyl sites for hydroxylation is 1. The van der Waals surface area contributed by atoms with Crippen LogP contribution < -0.4 is 11.2 Å². The summed E-state index contributed by atoms with van der Waals surface area (Å²) in [6.07, 6.45) is 0. The third-order valence-corrected chi connectivity index (χ3v) is 2.84. The van der Waals surface area contributed by atoms with E-state index in [1.807, 2.05) is 6.92 Å². The lowest BCUT2D eigenvalue weighted by Gasteiger charge is -2.06. The molecule has 2 rings (SSSR count). The fourth-order valence-corrected chi connectivity index (χ4v) is 2.07. The van der Waals surface area contributed by atoms with Gasteiger partial charge in [-0.05, 0) is 29.8 Å². The van der Waals surface area contributed by atoms with E-state index in [-0.39, 0.29) is 11.2 Å². The second-order valence-electron chi connectivity index (χ2n) is 3.30. The van der Waals surface area contributed by atoms with Gasteiger partial charge in [-0.15, -0.1) is 0 Å². The largest absolute Gasteiger partial charge is 0.332 e. The molecule has 2 aromatic heterocycles. The van der Waals surface area contributed by atoms with Crippen LogP contribution in [0.15, 0.2) is 14.3 Å². The number of halogens is 1. The van der Waals surface area contributed by atoms with Crippen LogP contribution in [-0.4, -0.2) is 19.1 Å². The number of aromatic amines is 1. The topological polar surface area (TPSA) is 72.7 Å². The summed E-state index contributed by atoms with van der Waals surface area (Å²) in [5.74, 6) is 0. The molecule has 0 fully saturated rings. The van der Waals surface area contributed by atoms with Gasteiger partial charge in [0.05, 0.1) is 0 Å². The molecule has 7 heteroatoms. The summed E-state index contributed by atoms with van der Waals surface area (Å²) >= 11 is 3.16. The van der Waals surface area contributed by atoms with E-state index < -0.39 is 0 Å². The number of rotatable bonds is 2. The van der Waals surface area contributed by atoms with Gasteiger partial charge in [0.15, 0.2) is 15.9 Å². The highest BCUT2D eigenvalue weighted by Gasteiger charge is 2.14. The molecule has 0 saturated heterocycles. The summed E-state index contributed by atoms with van der Waals surface area (Å²) in [7, 11) is 0. The number of fused-ring (bicyclic) bond motifs is 1. The molecule has 0 aromatic carbocycles. The van der Waals surface area contributed by atoms with E-state index >= 15 is 0 Å². The maximum absolute atomic E-state index is 11.9. The minimum absolute atomic E-state index is 0.318. The molecular formula is C9H11BrN4O2. The Hall–Kier alpha value is -1.37. The highest BCUT2D eigenvalue weighted by molar-refractivity contribution is 9.10. The fourth-order valence-electron chi connectivity index (χ4n) is 1.70. The van der Waals surface area contributed by atoms with Crippen molar-refractivity contribution < 1.29 is 0 Å². The lowest BCUT2D eigenvalue weighted by Crippen LogP contribution is -2.39. The summed E-state index contributed by atoms with van der Waals surface area (Å²) in [6, 6.07) is 0. The lowest BCUT2D eigenvalue weighted by molar-refractivity contribution is 0.605. The minimum atomic E-state index is -0.328. The zero-order chi connectivity index (χ0) is 11.9. The standard InChI is InChI=1S/C9H11BrN4O2/c1-3-13-6-5(11-8(10)12-6)7(15)14(4-2)9(13)16/h3-4H2,1-2H3,(H,11,12). The maximum atomic E-state index is 11.9. The summed E-state index contributed by atoms with van der Waals surface area (Å²) in [4.78, 5) is 30.8. The van der Waals surface area contributed by atoms with Crippen LogP contribution in [0.25, 0.3) is 11.2 Å². The van der Waals surface area contributed by atoms with Crippen molar-refractivity contribution in [2.24, 2.45) is 0 Å². The van der Waals surface area contributed by atoms with Crippen molar-refractivity contribution in [2.75, 3.05) is 0 Å².